The van der Waals surface area contributed by atoms with Crippen molar-refractivity contribution in [2.45, 2.75) is 25.8 Å². The van der Waals surface area contributed by atoms with Crippen LogP contribution in [-0.2, 0) is 19.1 Å². The molecule has 2 heterocycles. The van der Waals surface area contributed by atoms with Crippen molar-refractivity contribution in [2.75, 3.05) is 31.2 Å². The molecule has 7 heteroatoms. The first-order valence-corrected chi connectivity index (χ1v) is 8.09. The van der Waals surface area contributed by atoms with Crippen molar-refractivity contribution in [3.05, 3.63) is 0 Å². The van der Waals surface area contributed by atoms with Gasteiger partial charge in [-0.15, -0.1) is 11.8 Å². The number of carbonyl (C=O) groups is 3. The highest BCUT2D eigenvalue weighted by molar-refractivity contribution is 8.00. The van der Waals surface area contributed by atoms with Gasteiger partial charge in [-0.2, -0.15) is 0 Å². The van der Waals surface area contributed by atoms with E-state index < -0.39 is 6.04 Å². The molecule has 1 unspecified atom stereocenters. The van der Waals surface area contributed by atoms with E-state index in [1.807, 2.05) is 0 Å². The lowest BCUT2D eigenvalue weighted by molar-refractivity contribution is -0.151. The van der Waals surface area contributed by atoms with Gasteiger partial charge < -0.3 is 15.0 Å². The molecule has 112 valence electrons. The quantitative estimate of drug-likeness (QED) is 0.744. The van der Waals surface area contributed by atoms with Gasteiger partial charge in [0.1, 0.15) is 6.04 Å². The fourth-order valence-corrected chi connectivity index (χ4v) is 3.34. The van der Waals surface area contributed by atoms with Gasteiger partial charge in [-0.25, -0.2) is 0 Å². The van der Waals surface area contributed by atoms with E-state index in [1.165, 1.54) is 11.8 Å². The minimum absolute atomic E-state index is 0.0344. The molecule has 20 heavy (non-hydrogen) atoms. The molecule has 2 fully saturated rings. The van der Waals surface area contributed by atoms with Gasteiger partial charge in [-0.3, -0.25) is 14.4 Å². The molecule has 0 bridgehead atoms. The molecule has 2 rings (SSSR count). The monoisotopic (exact) mass is 300 g/mol. The zero-order valence-electron chi connectivity index (χ0n) is 11.6. The third-order valence-electron chi connectivity index (χ3n) is 3.58. The first-order chi connectivity index (χ1) is 9.61. The predicted molar refractivity (Wildman–Crippen MR) is 75.2 cm³/mol. The summed E-state index contributed by atoms with van der Waals surface area (Å²) in [4.78, 5) is 37.0. The molecule has 0 aromatic heterocycles. The third-order valence-corrected chi connectivity index (χ3v) is 4.61. The Bertz CT molecular complexity index is 394. The number of hydrogen-bond acceptors (Lipinski definition) is 5. The van der Waals surface area contributed by atoms with Crippen molar-refractivity contribution in [3.8, 4) is 0 Å². The molecule has 1 atom stereocenters. The van der Waals surface area contributed by atoms with Crippen LogP contribution in [0.25, 0.3) is 0 Å². The Hall–Kier alpha value is -1.24. The molecule has 0 radical (unpaired) electrons. The molecule has 0 saturated carbocycles. The van der Waals surface area contributed by atoms with E-state index in [9.17, 15) is 14.4 Å². The number of nitrogens with zero attached hydrogens (tertiary/aromatic N) is 1. The van der Waals surface area contributed by atoms with Gasteiger partial charge in [0.25, 0.3) is 0 Å². The lowest BCUT2D eigenvalue weighted by atomic mass is 9.96. The Morgan fingerprint density at radius 3 is 2.70 bits per heavy atom. The van der Waals surface area contributed by atoms with Crippen molar-refractivity contribution in [2.24, 2.45) is 5.92 Å². The summed E-state index contributed by atoms with van der Waals surface area (Å²) in [6, 6.07) is -0.416. The molecule has 0 spiro atoms. The topological polar surface area (TPSA) is 75.7 Å². The maximum atomic E-state index is 12.3. The van der Waals surface area contributed by atoms with E-state index in [-0.39, 0.29) is 23.7 Å². The van der Waals surface area contributed by atoms with Gasteiger partial charge in [0.2, 0.25) is 11.8 Å². The molecule has 2 aliphatic rings. The minimum atomic E-state index is -0.416. The summed E-state index contributed by atoms with van der Waals surface area (Å²) in [6.07, 6.45) is 1.27. The Morgan fingerprint density at radius 2 is 2.10 bits per heavy atom. The van der Waals surface area contributed by atoms with Crippen LogP contribution in [0, 0.1) is 5.92 Å². The van der Waals surface area contributed by atoms with E-state index in [4.69, 9.17) is 4.74 Å². The SMILES string of the molecule is CCOC(=O)C1CCN(C(=O)C2CSCC(=O)N2)CC1. The van der Waals surface area contributed by atoms with Crippen LogP contribution >= 0.6 is 11.8 Å². The Kier molecular flexibility index (Phi) is 5.28. The highest BCUT2D eigenvalue weighted by Gasteiger charge is 2.33. The standard InChI is InChI=1S/C13H20N2O4S/c1-2-19-13(18)9-3-5-15(6-4-9)12(17)10-7-20-8-11(16)14-10/h9-10H,2-8H2,1H3,(H,14,16). The fraction of sp³-hybridized carbons (Fsp3) is 0.769. The van der Waals surface area contributed by atoms with Gasteiger partial charge in [-0.1, -0.05) is 0 Å². The molecular weight excluding hydrogens is 280 g/mol. The summed E-state index contributed by atoms with van der Waals surface area (Å²) in [5.74, 6) is 0.668. The van der Waals surface area contributed by atoms with Gasteiger partial charge >= 0.3 is 5.97 Å². The second-order valence-electron chi connectivity index (χ2n) is 4.99. The maximum absolute atomic E-state index is 12.3. The summed E-state index contributed by atoms with van der Waals surface area (Å²) < 4.78 is 5.00. The van der Waals surface area contributed by atoms with E-state index >= 15 is 0 Å². The molecule has 2 saturated heterocycles. The highest BCUT2D eigenvalue weighted by Crippen LogP contribution is 2.20. The summed E-state index contributed by atoms with van der Waals surface area (Å²) in [5, 5.41) is 2.73. The largest absolute Gasteiger partial charge is 0.466 e. The van der Waals surface area contributed by atoms with Crippen molar-refractivity contribution in [1.82, 2.24) is 10.2 Å². The first-order valence-electron chi connectivity index (χ1n) is 6.94. The van der Waals surface area contributed by atoms with Crippen molar-refractivity contribution >= 4 is 29.5 Å². The lowest BCUT2D eigenvalue weighted by Gasteiger charge is -2.34. The summed E-state index contributed by atoms with van der Waals surface area (Å²) in [7, 11) is 0. The van der Waals surface area contributed by atoms with Gasteiger partial charge in [0, 0.05) is 18.8 Å². The average Bonchev–Trinajstić information content (AvgIpc) is 2.47. The van der Waals surface area contributed by atoms with Crippen LogP contribution in [0.4, 0.5) is 0 Å². The van der Waals surface area contributed by atoms with Crippen molar-refractivity contribution < 1.29 is 19.1 Å². The van der Waals surface area contributed by atoms with Gasteiger partial charge in [0.05, 0.1) is 18.3 Å². The van der Waals surface area contributed by atoms with Crippen LogP contribution in [0.3, 0.4) is 0 Å². The van der Waals surface area contributed by atoms with Crippen LogP contribution in [0.15, 0.2) is 0 Å². The number of carbonyl (C=O) groups excluding carboxylic acids is 3. The first kappa shape index (κ1) is 15.2. The highest BCUT2D eigenvalue weighted by atomic mass is 32.2. The Balaban J connectivity index is 1.82. The van der Waals surface area contributed by atoms with E-state index in [0.29, 0.717) is 44.0 Å². The number of amides is 2. The Morgan fingerprint density at radius 1 is 1.40 bits per heavy atom. The van der Waals surface area contributed by atoms with E-state index in [0.717, 1.165) is 0 Å². The smallest absolute Gasteiger partial charge is 0.309 e. The minimum Gasteiger partial charge on any atom is -0.466 e. The third kappa shape index (κ3) is 3.65. The number of likely N-dealkylation sites (tertiary alicyclic amines) is 1. The number of ether oxygens (including phenoxy) is 1. The number of nitrogens with one attached hydrogen (secondary N) is 1. The summed E-state index contributed by atoms with van der Waals surface area (Å²) >= 11 is 1.48. The average molecular weight is 300 g/mol. The van der Waals surface area contributed by atoms with Gasteiger partial charge in [-0.05, 0) is 19.8 Å². The molecule has 1 N–H and O–H groups in total. The fourth-order valence-electron chi connectivity index (χ4n) is 2.50. The molecule has 2 amide bonds. The molecule has 6 nitrogen and oxygen atoms in total. The molecule has 0 aliphatic carbocycles. The van der Waals surface area contributed by atoms with E-state index in [2.05, 4.69) is 5.32 Å². The summed E-state index contributed by atoms with van der Waals surface area (Å²) in [6.45, 7) is 3.29. The van der Waals surface area contributed by atoms with Crippen LogP contribution in [0.5, 0.6) is 0 Å². The molecular formula is C13H20N2O4S. The number of piperidine rings is 1. The van der Waals surface area contributed by atoms with Crippen LogP contribution in [0.1, 0.15) is 19.8 Å². The zero-order valence-corrected chi connectivity index (χ0v) is 12.4. The van der Waals surface area contributed by atoms with Gasteiger partial charge in [0.15, 0.2) is 0 Å². The van der Waals surface area contributed by atoms with Crippen molar-refractivity contribution in [1.29, 1.82) is 0 Å². The number of hydrogen-bond donors (Lipinski definition) is 1. The molecule has 0 aromatic carbocycles. The normalized spacial score (nSPS) is 24.1. The number of thioether (sulfide) groups is 1. The maximum Gasteiger partial charge on any atom is 0.309 e. The molecule has 0 aromatic rings. The van der Waals surface area contributed by atoms with E-state index in [1.54, 1.807) is 11.8 Å². The van der Waals surface area contributed by atoms with Crippen LogP contribution < -0.4 is 5.32 Å². The second kappa shape index (κ2) is 6.97. The predicted octanol–water partition coefficient (Wildman–Crippen LogP) is 0.0197. The second-order valence-corrected chi connectivity index (χ2v) is 6.02. The van der Waals surface area contributed by atoms with Crippen molar-refractivity contribution in [3.63, 3.8) is 0 Å². The van der Waals surface area contributed by atoms with Crippen LogP contribution in [-0.4, -0.2) is 59.9 Å². The summed E-state index contributed by atoms with van der Waals surface area (Å²) in [5.41, 5.74) is 0. The molecule has 2 aliphatic heterocycles. The number of esters is 1. The lowest BCUT2D eigenvalue weighted by Crippen LogP contribution is -2.54. The Labute approximate surface area is 122 Å². The van der Waals surface area contributed by atoms with Crippen LogP contribution in [0.2, 0.25) is 0 Å². The number of rotatable bonds is 3. The zero-order chi connectivity index (χ0) is 14.5.